The van der Waals surface area contributed by atoms with E-state index in [1.165, 1.54) is 6.26 Å². The van der Waals surface area contributed by atoms with Gasteiger partial charge in [0.15, 0.2) is 15.5 Å². The van der Waals surface area contributed by atoms with Crippen LogP contribution in [0.5, 0.6) is 0 Å². The number of hydrogen-bond acceptors (Lipinski definition) is 6. The monoisotopic (exact) mass is 357 g/mol. The Balaban J connectivity index is 1.74. The number of nitrogens with one attached hydrogen (secondary N) is 1. The predicted octanol–water partition coefficient (Wildman–Crippen LogP) is 1.21. The lowest BCUT2D eigenvalue weighted by atomic mass is 10.1. The molecule has 4 rings (SSSR count). The molecule has 1 aromatic carbocycles. The van der Waals surface area contributed by atoms with E-state index in [9.17, 15) is 8.42 Å². The standard InChI is InChI=1S/C17H19N5O2S/c1-25(23,24)15-4-2-3-13(9-15)16-11-20-22-12-14(10-19-17(16)22)21-7-5-18-6-8-21/h2-4,9-12,18H,5-8H2,1H3. The van der Waals surface area contributed by atoms with E-state index in [1.54, 1.807) is 28.9 Å². The van der Waals surface area contributed by atoms with E-state index in [-0.39, 0.29) is 0 Å². The minimum absolute atomic E-state index is 0.293. The maximum Gasteiger partial charge on any atom is 0.175 e. The van der Waals surface area contributed by atoms with Crippen molar-refractivity contribution >= 4 is 21.2 Å². The van der Waals surface area contributed by atoms with Crippen LogP contribution in [0.2, 0.25) is 0 Å². The third-order valence-corrected chi connectivity index (χ3v) is 5.51. The van der Waals surface area contributed by atoms with Crippen LogP contribution in [0.15, 0.2) is 47.8 Å². The van der Waals surface area contributed by atoms with Crippen molar-refractivity contribution in [3.63, 3.8) is 0 Å². The van der Waals surface area contributed by atoms with Gasteiger partial charge in [0.05, 0.1) is 29.2 Å². The van der Waals surface area contributed by atoms with Crippen molar-refractivity contribution in [1.82, 2.24) is 19.9 Å². The highest BCUT2D eigenvalue weighted by molar-refractivity contribution is 7.90. The molecule has 8 heteroatoms. The van der Waals surface area contributed by atoms with Gasteiger partial charge in [0, 0.05) is 38.0 Å². The van der Waals surface area contributed by atoms with Gasteiger partial charge >= 0.3 is 0 Å². The molecule has 1 N–H and O–H groups in total. The second-order valence-electron chi connectivity index (χ2n) is 6.18. The van der Waals surface area contributed by atoms with Crippen molar-refractivity contribution in [3.8, 4) is 11.1 Å². The molecule has 0 amide bonds. The fourth-order valence-electron chi connectivity index (χ4n) is 3.05. The van der Waals surface area contributed by atoms with E-state index in [0.29, 0.717) is 10.5 Å². The molecule has 0 aliphatic carbocycles. The first kappa shape index (κ1) is 16.0. The number of benzene rings is 1. The Kier molecular flexibility index (Phi) is 3.93. The summed E-state index contributed by atoms with van der Waals surface area (Å²) < 4.78 is 25.3. The summed E-state index contributed by atoms with van der Waals surface area (Å²) in [5, 5.41) is 7.74. The molecule has 0 atom stereocenters. The Labute approximate surface area is 146 Å². The van der Waals surface area contributed by atoms with Crippen molar-refractivity contribution in [2.45, 2.75) is 4.90 Å². The molecule has 130 valence electrons. The predicted molar refractivity (Wildman–Crippen MR) is 96.6 cm³/mol. The summed E-state index contributed by atoms with van der Waals surface area (Å²) in [6.07, 6.45) is 6.76. The Morgan fingerprint density at radius 1 is 1.16 bits per heavy atom. The zero-order chi connectivity index (χ0) is 17.4. The Morgan fingerprint density at radius 3 is 2.72 bits per heavy atom. The summed E-state index contributed by atoms with van der Waals surface area (Å²) in [5.41, 5.74) is 3.36. The average molecular weight is 357 g/mol. The van der Waals surface area contributed by atoms with Gasteiger partial charge < -0.3 is 10.2 Å². The summed E-state index contributed by atoms with van der Waals surface area (Å²) >= 11 is 0. The normalized spacial score (nSPS) is 15.6. The largest absolute Gasteiger partial charge is 0.366 e. The number of hydrogen-bond donors (Lipinski definition) is 1. The Hall–Kier alpha value is -2.45. The average Bonchev–Trinajstić information content (AvgIpc) is 3.05. The van der Waals surface area contributed by atoms with Gasteiger partial charge in [-0.2, -0.15) is 5.10 Å². The highest BCUT2D eigenvalue weighted by Gasteiger charge is 2.15. The third kappa shape index (κ3) is 3.10. The van der Waals surface area contributed by atoms with Crippen LogP contribution in [-0.2, 0) is 9.84 Å². The number of sulfone groups is 1. The van der Waals surface area contributed by atoms with Gasteiger partial charge in [-0.1, -0.05) is 12.1 Å². The summed E-state index contributed by atoms with van der Waals surface area (Å²) in [4.78, 5) is 7.14. The summed E-state index contributed by atoms with van der Waals surface area (Å²) in [5.74, 6) is 0. The van der Waals surface area contributed by atoms with Gasteiger partial charge in [0.2, 0.25) is 0 Å². The zero-order valence-corrected chi connectivity index (χ0v) is 14.7. The lowest BCUT2D eigenvalue weighted by Gasteiger charge is -2.28. The molecule has 0 unspecified atom stereocenters. The van der Waals surface area contributed by atoms with Crippen LogP contribution < -0.4 is 10.2 Å². The van der Waals surface area contributed by atoms with E-state index in [4.69, 9.17) is 0 Å². The molecule has 3 aromatic rings. The van der Waals surface area contributed by atoms with Crippen LogP contribution in [0.3, 0.4) is 0 Å². The van der Waals surface area contributed by atoms with Crippen LogP contribution in [0.25, 0.3) is 16.8 Å². The minimum Gasteiger partial charge on any atom is -0.366 e. The number of piperazine rings is 1. The molecule has 1 aliphatic heterocycles. The van der Waals surface area contributed by atoms with E-state index in [1.807, 2.05) is 18.5 Å². The smallest absolute Gasteiger partial charge is 0.175 e. The Bertz CT molecular complexity index is 1020. The fraction of sp³-hybridized carbons (Fsp3) is 0.294. The molecule has 0 spiro atoms. The first-order valence-electron chi connectivity index (χ1n) is 8.12. The quantitative estimate of drug-likeness (QED) is 0.759. The number of rotatable bonds is 3. The lowest BCUT2D eigenvalue weighted by Crippen LogP contribution is -2.43. The second kappa shape index (κ2) is 6.12. The van der Waals surface area contributed by atoms with E-state index < -0.39 is 9.84 Å². The van der Waals surface area contributed by atoms with Crippen molar-refractivity contribution < 1.29 is 8.42 Å². The van der Waals surface area contributed by atoms with E-state index in [0.717, 1.165) is 43.0 Å². The summed E-state index contributed by atoms with van der Waals surface area (Å²) in [6, 6.07) is 6.88. The molecule has 1 fully saturated rings. The van der Waals surface area contributed by atoms with Gasteiger partial charge in [0.1, 0.15) is 0 Å². The highest BCUT2D eigenvalue weighted by Crippen LogP contribution is 2.26. The number of anilines is 1. The molecule has 3 heterocycles. The summed E-state index contributed by atoms with van der Waals surface area (Å²) in [6.45, 7) is 3.80. The van der Waals surface area contributed by atoms with Crippen molar-refractivity contribution in [1.29, 1.82) is 0 Å². The lowest BCUT2D eigenvalue weighted by molar-refractivity contribution is 0.587. The molecule has 0 radical (unpaired) electrons. The van der Waals surface area contributed by atoms with Crippen LogP contribution in [0.1, 0.15) is 0 Å². The van der Waals surface area contributed by atoms with Crippen LogP contribution >= 0.6 is 0 Å². The minimum atomic E-state index is -3.25. The molecular weight excluding hydrogens is 338 g/mol. The van der Waals surface area contributed by atoms with Crippen LogP contribution in [-0.4, -0.2) is 55.5 Å². The van der Waals surface area contributed by atoms with E-state index >= 15 is 0 Å². The van der Waals surface area contributed by atoms with Crippen molar-refractivity contribution in [2.75, 3.05) is 37.3 Å². The third-order valence-electron chi connectivity index (χ3n) is 4.40. The fourth-order valence-corrected chi connectivity index (χ4v) is 3.72. The van der Waals surface area contributed by atoms with Gasteiger partial charge in [-0.25, -0.2) is 17.9 Å². The molecule has 25 heavy (non-hydrogen) atoms. The first-order chi connectivity index (χ1) is 12.0. The molecule has 1 saturated heterocycles. The summed E-state index contributed by atoms with van der Waals surface area (Å²) in [7, 11) is -3.25. The first-order valence-corrected chi connectivity index (χ1v) is 10.0. The van der Waals surface area contributed by atoms with Gasteiger partial charge in [0.25, 0.3) is 0 Å². The van der Waals surface area contributed by atoms with Gasteiger partial charge in [-0.15, -0.1) is 0 Å². The molecule has 7 nitrogen and oxygen atoms in total. The molecule has 0 bridgehead atoms. The van der Waals surface area contributed by atoms with E-state index in [2.05, 4.69) is 20.3 Å². The number of nitrogens with zero attached hydrogens (tertiary/aromatic N) is 4. The van der Waals surface area contributed by atoms with Gasteiger partial charge in [-0.05, 0) is 17.7 Å². The van der Waals surface area contributed by atoms with Crippen molar-refractivity contribution in [2.24, 2.45) is 0 Å². The number of aromatic nitrogens is 3. The molecule has 0 saturated carbocycles. The van der Waals surface area contributed by atoms with Crippen molar-refractivity contribution in [3.05, 3.63) is 42.9 Å². The van der Waals surface area contributed by atoms with Gasteiger partial charge in [-0.3, -0.25) is 0 Å². The van der Waals surface area contributed by atoms with Crippen LogP contribution in [0.4, 0.5) is 5.69 Å². The van der Waals surface area contributed by atoms with Crippen LogP contribution in [0, 0.1) is 0 Å². The SMILES string of the molecule is CS(=O)(=O)c1cccc(-c2cnn3cc(N4CCNCC4)cnc23)c1. The zero-order valence-electron chi connectivity index (χ0n) is 13.9. The maximum atomic E-state index is 11.8. The highest BCUT2D eigenvalue weighted by atomic mass is 32.2. The molecule has 2 aromatic heterocycles. The number of fused-ring (bicyclic) bond motifs is 1. The maximum absolute atomic E-state index is 11.8. The molecular formula is C17H19N5O2S. The Morgan fingerprint density at radius 2 is 1.96 bits per heavy atom. The topological polar surface area (TPSA) is 79.6 Å². The second-order valence-corrected chi connectivity index (χ2v) is 8.19. The molecule has 1 aliphatic rings.